The lowest BCUT2D eigenvalue weighted by Crippen LogP contribution is -2.32. The predicted octanol–water partition coefficient (Wildman–Crippen LogP) is 3.01. The van der Waals surface area contributed by atoms with E-state index in [1.807, 2.05) is 6.92 Å². The van der Waals surface area contributed by atoms with Crippen LogP contribution in [0.15, 0.2) is 0 Å². The average Bonchev–Trinajstić information content (AvgIpc) is 2.00. The van der Waals surface area contributed by atoms with Crippen molar-refractivity contribution >= 4 is 5.97 Å². The third-order valence-electron chi connectivity index (χ3n) is 3.01. The first-order chi connectivity index (χ1) is 6.44. The molecule has 0 aromatic carbocycles. The number of ether oxygens (including phenoxy) is 1. The van der Waals surface area contributed by atoms with Crippen molar-refractivity contribution in [1.82, 2.24) is 0 Å². The van der Waals surface area contributed by atoms with Gasteiger partial charge in [-0.1, -0.05) is 20.8 Å². The maximum Gasteiger partial charge on any atom is 0.308 e. The largest absolute Gasteiger partial charge is 0.466 e. The minimum Gasteiger partial charge on any atom is -0.466 e. The molecule has 82 valence electrons. The minimum atomic E-state index is 0.00660. The molecule has 1 rings (SSSR count). The van der Waals surface area contributed by atoms with E-state index >= 15 is 0 Å². The van der Waals surface area contributed by atoms with Gasteiger partial charge in [-0.25, -0.2) is 0 Å². The van der Waals surface area contributed by atoms with Crippen molar-refractivity contribution in [3.63, 3.8) is 0 Å². The number of carbonyl (C=O) groups is 1. The summed E-state index contributed by atoms with van der Waals surface area (Å²) in [6.45, 7) is 9.09. The van der Waals surface area contributed by atoms with E-state index in [4.69, 9.17) is 4.74 Å². The molecule has 2 heteroatoms. The molecular formula is C12H22O2. The Labute approximate surface area is 87.0 Å². The Morgan fingerprint density at radius 1 is 1.43 bits per heavy atom. The van der Waals surface area contributed by atoms with Crippen LogP contribution in [0.1, 0.15) is 47.0 Å². The molecule has 1 aliphatic carbocycles. The maximum atomic E-state index is 11.6. The second-order valence-electron chi connectivity index (χ2n) is 5.36. The van der Waals surface area contributed by atoms with Crippen molar-refractivity contribution in [1.29, 1.82) is 0 Å². The summed E-state index contributed by atoms with van der Waals surface area (Å²) in [5.41, 5.74) is 0.301. The van der Waals surface area contributed by atoms with Crippen LogP contribution in [0.2, 0.25) is 0 Å². The molecule has 1 fully saturated rings. The lowest BCUT2D eigenvalue weighted by atomic mass is 9.68. The summed E-state index contributed by atoms with van der Waals surface area (Å²) < 4.78 is 5.08. The van der Waals surface area contributed by atoms with Gasteiger partial charge in [0.2, 0.25) is 0 Å². The minimum absolute atomic E-state index is 0.00660. The zero-order chi connectivity index (χ0) is 10.8. The Morgan fingerprint density at radius 2 is 2.07 bits per heavy atom. The number of carbonyl (C=O) groups excluding carboxylic acids is 1. The second kappa shape index (κ2) is 4.33. The third kappa shape index (κ3) is 3.00. The van der Waals surface area contributed by atoms with Gasteiger partial charge in [0, 0.05) is 0 Å². The van der Waals surface area contributed by atoms with Gasteiger partial charge in [0.1, 0.15) is 0 Å². The molecule has 0 aromatic heterocycles. The van der Waals surface area contributed by atoms with E-state index in [2.05, 4.69) is 20.8 Å². The van der Waals surface area contributed by atoms with Crippen molar-refractivity contribution in [2.75, 3.05) is 6.61 Å². The topological polar surface area (TPSA) is 26.3 Å². The van der Waals surface area contributed by atoms with Crippen LogP contribution in [0, 0.1) is 17.3 Å². The molecule has 1 saturated carbocycles. The summed E-state index contributed by atoms with van der Waals surface area (Å²) >= 11 is 0. The average molecular weight is 198 g/mol. The van der Waals surface area contributed by atoms with Gasteiger partial charge >= 0.3 is 5.97 Å². The van der Waals surface area contributed by atoms with Gasteiger partial charge < -0.3 is 4.74 Å². The molecule has 0 radical (unpaired) electrons. The number of rotatable bonds is 2. The SMILES string of the molecule is CCOC(=O)C1CC(C)CC(C)(C)C1. The van der Waals surface area contributed by atoms with Gasteiger partial charge in [-0.15, -0.1) is 0 Å². The zero-order valence-corrected chi connectivity index (χ0v) is 9.80. The molecule has 0 aliphatic heterocycles. The number of esters is 1. The molecule has 2 unspecified atom stereocenters. The number of hydrogen-bond donors (Lipinski definition) is 0. The predicted molar refractivity (Wildman–Crippen MR) is 56.9 cm³/mol. The summed E-state index contributed by atoms with van der Waals surface area (Å²) in [7, 11) is 0. The standard InChI is InChI=1S/C12H22O2/c1-5-14-11(13)10-6-9(2)7-12(3,4)8-10/h9-10H,5-8H2,1-4H3. The zero-order valence-electron chi connectivity index (χ0n) is 9.80. The molecule has 0 spiro atoms. The first-order valence-electron chi connectivity index (χ1n) is 5.61. The van der Waals surface area contributed by atoms with Crippen LogP contribution in [0.4, 0.5) is 0 Å². The van der Waals surface area contributed by atoms with E-state index in [1.54, 1.807) is 0 Å². The summed E-state index contributed by atoms with van der Waals surface area (Å²) in [4.78, 5) is 11.6. The van der Waals surface area contributed by atoms with E-state index in [-0.39, 0.29) is 11.9 Å². The van der Waals surface area contributed by atoms with Crippen molar-refractivity contribution in [2.24, 2.45) is 17.3 Å². The molecule has 0 aromatic rings. The lowest BCUT2D eigenvalue weighted by molar-refractivity contribution is -0.151. The van der Waals surface area contributed by atoms with Gasteiger partial charge in [0.05, 0.1) is 12.5 Å². The van der Waals surface area contributed by atoms with Crippen LogP contribution >= 0.6 is 0 Å². The second-order valence-corrected chi connectivity index (χ2v) is 5.36. The Balaban J connectivity index is 2.57. The molecule has 2 nitrogen and oxygen atoms in total. The van der Waals surface area contributed by atoms with E-state index in [1.165, 1.54) is 6.42 Å². The van der Waals surface area contributed by atoms with Crippen LogP contribution in [0.3, 0.4) is 0 Å². The van der Waals surface area contributed by atoms with Crippen LogP contribution < -0.4 is 0 Å². The fraction of sp³-hybridized carbons (Fsp3) is 0.917. The van der Waals surface area contributed by atoms with E-state index in [9.17, 15) is 4.79 Å². The maximum absolute atomic E-state index is 11.6. The van der Waals surface area contributed by atoms with Crippen molar-refractivity contribution in [2.45, 2.75) is 47.0 Å². The van der Waals surface area contributed by atoms with Crippen LogP contribution in [0.5, 0.6) is 0 Å². The molecule has 14 heavy (non-hydrogen) atoms. The normalized spacial score (nSPS) is 31.1. The molecule has 0 N–H and O–H groups in total. The Hall–Kier alpha value is -0.530. The smallest absolute Gasteiger partial charge is 0.308 e. The van der Waals surface area contributed by atoms with Crippen molar-refractivity contribution in [3.05, 3.63) is 0 Å². The van der Waals surface area contributed by atoms with Gasteiger partial charge in [0.15, 0.2) is 0 Å². The Kier molecular flexibility index (Phi) is 3.57. The Bertz CT molecular complexity index is 208. The highest BCUT2D eigenvalue weighted by molar-refractivity contribution is 5.72. The Morgan fingerprint density at radius 3 is 2.57 bits per heavy atom. The third-order valence-corrected chi connectivity index (χ3v) is 3.01. The van der Waals surface area contributed by atoms with E-state index in [0.29, 0.717) is 17.9 Å². The summed E-state index contributed by atoms with van der Waals surface area (Å²) in [5, 5.41) is 0. The van der Waals surface area contributed by atoms with Gasteiger partial charge in [0.25, 0.3) is 0 Å². The fourth-order valence-electron chi connectivity index (χ4n) is 2.79. The van der Waals surface area contributed by atoms with E-state index in [0.717, 1.165) is 12.8 Å². The van der Waals surface area contributed by atoms with Gasteiger partial charge in [-0.2, -0.15) is 0 Å². The first kappa shape index (κ1) is 11.5. The van der Waals surface area contributed by atoms with Crippen LogP contribution in [-0.2, 0) is 9.53 Å². The summed E-state index contributed by atoms with van der Waals surface area (Å²) in [6.07, 6.45) is 3.21. The molecule has 1 aliphatic rings. The first-order valence-corrected chi connectivity index (χ1v) is 5.61. The quantitative estimate of drug-likeness (QED) is 0.637. The van der Waals surface area contributed by atoms with Crippen LogP contribution in [-0.4, -0.2) is 12.6 Å². The van der Waals surface area contributed by atoms with Crippen molar-refractivity contribution < 1.29 is 9.53 Å². The fourth-order valence-corrected chi connectivity index (χ4v) is 2.79. The monoisotopic (exact) mass is 198 g/mol. The van der Waals surface area contributed by atoms with Gasteiger partial charge in [-0.05, 0) is 37.5 Å². The van der Waals surface area contributed by atoms with Gasteiger partial charge in [-0.3, -0.25) is 4.79 Å². The highest BCUT2D eigenvalue weighted by Gasteiger charge is 2.36. The molecule has 0 heterocycles. The van der Waals surface area contributed by atoms with Crippen LogP contribution in [0.25, 0.3) is 0 Å². The highest BCUT2D eigenvalue weighted by atomic mass is 16.5. The highest BCUT2D eigenvalue weighted by Crippen LogP contribution is 2.41. The lowest BCUT2D eigenvalue weighted by Gasteiger charge is -2.37. The number of hydrogen-bond acceptors (Lipinski definition) is 2. The summed E-state index contributed by atoms with van der Waals surface area (Å²) in [5.74, 6) is 0.786. The molecular weight excluding hydrogens is 176 g/mol. The van der Waals surface area contributed by atoms with Crippen molar-refractivity contribution in [3.8, 4) is 0 Å². The molecule has 2 atom stereocenters. The molecule has 0 saturated heterocycles. The van der Waals surface area contributed by atoms with E-state index < -0.39 is 0 Å². The summed E-state index contributed by atoms with van der Waals surface area (Å²) in [6, 6.07) is 0. The molecule has 0 bridgehead atoms. The molecule has 0 amide bonds.